The van der Waals surface area contributed by atoms with Gasteiger partial charge in [-0.3, -0.25) is 23.9 Å². The van der Waals surface area contributed by atoms with Gasteiger partial charge in [-0.2, -0.15) is 5.26 Å². The molecule has 1 fully saturated rings. The lowest BCUT2D eigenvalue weighted by molar-refractivity contribution is -0.119. The van der Waals surface area contributed by atoms with Crippen LogP contribution in [0.15, 0.2) is 23.0 Å². The summed E-state index contributed by atoms with van der Waals surface area (Å²) in [6, 6.07) is 6.75. The second-order valence-corrected chi connectivity index (χ2v) is 9.07. The van der Waals surface area contributed by atoms with Crippen LogP contribution >= 0.6 is 11.3 Å². The molecule has 2 aromatic heterocycles. The Balaban J connectivity index is 1.75. The second-order valence-electron chi connectivity index (χ2n) is 8.04. The van der Waals surface area contributed by atoms with Crippen molar-refractivity contribution in [1.29, 1.82) is 5.26 Å². The third kappa shape index (κ3) is 6.73. The lowest BCUT2D eigenvalue weighted by Gasteiger charge is -2.30. The number of pyridine rings is 1. The van der Waals surface area contributed by atoms with Gasteiger partial charge in [-0.15, -0.1) is 11.3 Å². The van der Waals surface area contributed by atoms with E-state index in [1.165, 1.54) is 10.8 Å². The van der Waals surface area contributed by atoms with Crippen LogP contribution in [0.2, 0.25) is 0 Å². The normalized spacial score (nSPS) is 16.7. The van der Waals surface area contributed by atoms with E-state index in [9.17, 15) is 28.4 Å². The molecular formula is C23H27F2N7O3S. The number of alkyl halides is 2. The number of halogens is 2. The average Bonchev–Trinajstić information content (AvgIpc) is 3.15. The minimum absolute atomic E-state index is 0.0145. The molecule has 0 bridgehead atoms. The second kappa shape index (κ2) is 11.9. The number of carbonyl (C=O) groups excluding carboxylic acids is 2. The maximum absolute atomic E-state index is 13.3. The van der Waals surface area contributed by atoms with Crippen LogP contribution in [0.1, 0.15) is 26.7 Å². The Bertz CT molecular complexity index is 1340. The van der Waals surface area contributed by atoms with Gasteiger partial charge in [-0.1, -0.05) is 6.07 Å². The molecule has 10 nitrogen and oxygen atoms in total. The Hall–Kier alpha value is -3.63. The van der Waals surface area contributed by atoms with Crippen molar-refractivity contribution in [2.24, 2.45) is 0 Å². The molecule has 36 heavy (non-hydrogen) atoms. The number of thiazole rings is 1. The van der Waals surface area contributed by atoms with Gasteiger partial charge in [0.1, 0.15) is 26.9 Å². The summed E-state index contributed by atoms with van der Waals surface area (Å²) in [6.07, 6.45) is 0.890. The molecule has 3 heterocycles. The van der Waals surface area contributed by atoms with Gasteiger partial charge in [0, 0.05) is 45.2 Å². The van der Waals surface area contributed by atoms with E-state index >= 15 is 0 Å². The molecular weight excluding hydrogens is 492 g/mol. The fourth-order valence-corrected chi connectivity index (χ4v) is 4.67. The molecule has 1 aliphatic heterocycles. The van der Waals surface area contributed by atoms with E-state index < -0.39 is 11.8 Å². The third-order valence-electron chi connectivity index (χ3n) is 5.44. The summed E-state index contributed by atoms with van der Waals surface area (Å²) in [5.41, 5.74) is -0.501. The summed E-state index contributed by atoms with van der Waals surface area (Å²) in [7, 11) is 0. The zero-order valence-corrected chi connectivity index (χ0v) is 20.8. The molecule has 3 rings (SSSR count). The predicted molar refractivity (Wildman–Crippen MR) is 133 cm³/mol. The first kappa shape index (κ1) is 27.0. The topological polar surface area (TPSA) is 132 Å². The average molecular weight is 520 g/mol. The minimum atomic E-state index is -2.68. The summed E-state index contributed by atoms with van der Waals surface area (Å²) in [5.74, 6) is -2.99. The van der Waals surface area contributed by atoms with E-state index in [0.29, 0.717) is 12.4 Å². The molecule has 1 saturated heterocycles. The van der Waals surface area contributed by atoms with Crippen LogP contribution in [0.3, 0.4) is 0 Å². The number of amides is 2. The monoisotopic (exact) mass is 519 g/mol. The summed E-state index contributed by atoms with van der Waals surface area (Å²) < 4.78 is 28.5. The Morgan fingerprint density at radius 1 is 1.25 bits per heavy atom. The molecule has 0 unspecified atom stereocenters. The molecule has 0 saturated carbocycles. The molecule has 0 aliphatic carbocycles. The smallest absolute Gasteiger partial charge is 0.270 e. The van der Waals surface area contributed by atoms with E-state index in [2.05, 4.69) is 20.9 Å². The lowest BCUT2D eigenvalue weighted by atomic mass is 10.1. The van der Waals surface area contributed by atoms with Gasteiger partial charge in [0.05, 0.1) is 6.54 Å². The van der Waals surface area contributed by atoms with Crippen LogP contribution in [-0.2, 0) is 16.1 Å². The molecule has 13 heteroatoms. The number of hydrogen-bond donors (Lipinski definition) is 3. The number of anilines is 2. The molecule has 2 amide bonds. The summed E-state index contributed by atoms with van der Waals surface area (Å²) in [5, 5.41) is 17.6. The standard InChI is InChI=1S/C23H27F2N7O3S/c1-3-27-20(34)15(12-26)22-32(4-2)21(35)16(36-22)13-28-17-6-5-7-18(29-17)30-19(33)14-31-10-8-23(24,25)9-11-31/h5-7,13H,3-4,8-11,14H2,1-2H3,(H,27,34)(H2,28,29,30,33). The van der Waals surface area contributed by atoms with Gasteiger partial charge in [0.25, 0.3) is 17.4 Å². The lowest BCUT2D eigenvalue weighted by Crippen LogP contribution is -2.43. The van der Waals surface area contributed by atoms with Crippen LogP contribution in [0, 0.1) is 11.3 Å². The number of piperidine rings is 1. The van der Waals surface area contributed by atoms with Crippen LogP contribution in [0.5, 0.6) is 0 Å². The van der Waals surface area contributed by atoms with Crippen LogP contribution in [-0.4, -0.2) is 58.4 Å². The van der Waals surface area contributed by atoms with Gasteiger partial charge >= 0.3 is 0 Å². The number of aromatic nitrogens is 2. The van der Waals surface area contributed by atoms with Crippen molar-refractivity contribution in [3.8, 4) is 6.07 Å². The molecule has 192 valence electrons. The highest BCUT2D eigenvalue weighted by Crippen LogP contribution is 2.27. The van der Waals surface area contributed by atoms with Crippen molar-refractivity contribution in [3.05, 3.63) is 37.7 Å². The van der Waals surface area contributed by atoms with E-state index in [1.807, 2.05) is 6.07 Å². The third-order valence-corrected chi connectivity index (χ3v) is 6.57. The molecule has 0 spiro atoms. The van der Waals surface area contributed by atoms with E-state index in [-0.39, 0.29) is 71.1 Å². The molecule has 2 aromatic rings. The van der Waals surface area contributed by atoms with Crippen LogP contribution in [0.4, 0.5) is 20.4 Å². The fourth-order valence-electron chi connectivity index (χ4n) is 3.59. The first-order chi connectivity index (χ1) is 17.2. The maximum atomic E-state index is 13.3. The first-order valence-corrected chi connectivity index (χ1v) is 12.2. The van der Waals surface area contributed by atoms with Gasteiger partial charge in [-0.05, 0) is 26.0 Å². The van der Waals surface area contributed by atoms with E-state index in [0.717, 1.165) is 11.3 Å². The van der Waals surface area contributed by atoms with Gasteiger partial charge in [0.15, 0.2) is 5.57 Å². The number of carbonyl (C=O) groups is 2. The fraction of sp³-hybridized carbons (Fsp3) is 0.435. The number of nitrogens with zero attached hydrogens (tertiary/aromatic N) is 4. The molecule has 0 radical (unpaired) electrons. The highest BCUT2D eigenvalue weighted by Gasteiger charge is 2.34. The Labute approximate surface area is 209 Å². The first-order valence-electron chi connectivity index (χ1n) is 11.4. The minimum Gasteiger partial charge on any atom is -0.352 e. The quantitative estimate of drug-likeness (QED) is 0.467. The number of nitrogens with one attached hydrogen (secondary N) is 3. The number of nitriles is 1. The summed E-state index contributed by atoms with van der Waals surface area (Å²) >= 11 is 1.01. The molecule has 1 aliphatic rings. The van der Waals surface area contributed by atoms with Crippen molar-refractivity contribution in [3.63, 3.8) is 0 Å². The van der Waals surface area contributed by atoms with Crippen LogP contribution < -0.4 is 30.7 Å². The largest absolute Gasteiger partial charge is 0.352 e. The molecule has 0 aromatic carbocycles. The zero-order chi connectivity index (χ0) is 26.3. The number of likely N-dealkylation sites (tertiary alicyclic amines) is 1. The van der Waals surface area contributed by atoms with Gasteiger partial charge < -0.3 is 16.0 Å². The Morgan fingerprint density at radius 3 is 2.58 bits per heavy atom. The summed E-state index contributed by atoms with van der Waals surface area (Å²) in [4.78, 5) is 43.3. The van der Waals surface area contributed by atoms with E-state index in [1.54, 1.807) is 36.9 Å². The van der Waals surface area contributed by atoms with Crippen molar-refractivity contribution in [2.75, 3.05) is 36.8 Å². The SMILES string of the molecule is CCNC(=O)C(C#N)=c1sc(=CNc2cccc(NC(=O)CN3CCC(F)(F)CC3)n2)c(=O)n1CC. The van der Waals surface area contributed by atoms with Crippen LogP contribution in [0.25, 0.3) is 11.8 Å². The zero-order valence-electron chi connectivity index (χ0n) is 19.9. The van der Waals surface area contributed by atoms with Crippen molar-refractivity contribution in [2.45, 2.75) is 39.2 Å². The number of hydrogen-bond acceptors (Lipinski definition) is 8. The Morgan fingerprint density at radius 2 is 1.94 bits per heavy atom. The van der Waals surface area contributed by atoms with Gasteiger partial charge in [0.2, 0.25) is 5.91 Å². The van der Waals surface area contributed by atoms with Crippen molar-refractivity contribution < 1.29 is 18.4 Å². The highest BCUT2D eigenvalue weighted by atomic mass is 32.1. The van der Waals surface area contributed by atoms with Crippen molar-refractivity contribution >= 4 is 46.6 Å². The Kier molecular flexibility index (Phi) is 8.89. The maximum Gasteiger partial charge on any atom is 0.270 e. The van der Waals surface area contributed by atoms with Gasteiger partial charge in [-0.25, -0.2) is 13.8 Å². The predicted octanol–water partition coefficient (Wildman–Crippen LogP) is 0.655. The highest BCUT2D eigenvalue weighted by molar-refractivity contribution is 7.07. The van der Waals surface area contributed by atoms with Crippen molar-refractivity contribution in [1.82, 2.24) is 19.8 Å². The van der Waals surface area contributed by atoms with E-state index in [4.69, 9.17) is 0 Å². The summed E-state index contributed by atoms with van der Waals surface area (Å²) in [6.45, 7) is 4.37. The molecule has 0 atom stereocenters. The molecule has 3 N–H and O–H groups in total. The number of rotatable bonds is 8.